The number of ether oxygens (including phenoxy) is 3. The van der Waals surface area contributed by atoms with E-state index in [1.807, 2.05) is 97.0 Å². The number of benzene rings is 5. The first kappa shape index (κ1) is 37.2. The van der Waals surface area contributed by atoms with Crippen molar-refractivity contribution in [2.75, 3.05) is 22.2 Å². The summed E-state index contributed by atoms with van der Waals surface area (Å²) in [5.41, 5.74) is 8.88. The first-order valence-electron chi connectivity index (χ1n) is 19.2. The van der Waals surface area contributed by atoms with E-state index in [9.17, 15) is 14.4 Å². The Labute approximate surface area is 341 Å². The topological polar surface area (TPSA) is 122 Å². The van der Waals surface area contributed by atoms with Gasteiger partial charge in [-0.15, -0.1) is 0 Å². The number of hydrogen-bond donors (Lipinski definition) is 2. The maximum absolute atomic E-state index is 13.9. The highest BCUT2D eigenvalue weighted by Crippen LogP contribution is 2.42. The minimum atomic E-state index is -0.929. The maximum atomic E-state index is 13.9. The molecule has 4 heterocycles. The van der Waals surface area contributed by atoms with Crippen LogP contribution in [0.4, 0.5) is 28.4 Å². The lowest BCUT2D eigenvalue weighted by Crippen LogP contribution is -2.37. The Kier molecular flexibility index (Phi) is 9.31. The van der Waals surface area contributed by atoms with Crippen LogP contribution in [0.2, 0.25) is 0 Å². The number of para-hydroxylation sites is 2. The first-order chi connectivity index (χ1) is 27.9. The van der Waals surface area contributed by atoms with Crippen LogP contribution >= 0.6 is 12.6 Å². The number of aryl methyl sites for hydroxylation is 1. The number of methoxy groups -OCH3 is 1. The van der Waals surface area contributed by atoms with Gasteiger partial charge in [0.05, 0.1) is 46.4 Å². The SMILES string of the molecule is COc1cc2c(cc1OCc1cc(COc3cc4c(cc3C)C(=O)N3c5ccccc5C[C@H]3C=N4)cc(NC(=O)C(C)(C)S)c1)N=C[C@@H]1Cc3ccccc3N1C2=O. The molecule has 12 heteroatoms. The van der Waals surface area contributed by atoms with Crippen molar-refractivity contribution in [2.24, 2.45) is 9.98 Å². The lowest BCUT2D eigenvalue weighted by molar-refractivity contribution is -0.117. The Bertz CT molecular complexity index is 2600. The van der Waals surface area contributed by atoms with E-state index < -0.39 is 4.75 Å². The number of fused-ring (bicyclic) bond motifs is 8. The number of nitrogens with zero attached hydrogens (tertiary/aromatic N) is 4. The molecule has 0 spiro atoms. The number of anilines is 3. The van der Waals surface area contributed by atoms with Crippen molar-refractivity contribution in [3.8, 4) is 17.2 Å². The molecule has 4 aliphatic heterocycles. The lowest BCUT2D eigenvalue weighted by atomic mass is 10.1. The number of rotatable bonds is 9. The molecule has 58 heavy (non-hydrogen) atoms. The van der Waals surface area contributed by atoms with Crippen LogP contribution < -0.4 is 29.3 Å². The number of nitrogens with one attached hydrogen (secondary N) is 1. The summed E-state index contributed by atoms with van der Waals surface area (Å²) in [7, 11) is 1.53. The second-order valence-corrected chi connectivity index (χ2v) is 16.6. The molecule has 292 valence electrons. The standard InChI is InChI=1S/C46H41N5O6S/c1-26-13-34-36(47-22-32-17-29-9-5-7-11-38(29)50(32)43(34)52)20-40(26)56-24-27-14-28(16-31(15-27)49-45(54)46(2,3)58)25-57-42-21-37-35(19-41(42)55-4)44(53)51-33(23-48-37)18-30-10-6-8-12-39(30)51/h5-16,19-23,32-33,58H,17-18,24-25H2,1-4H3,(H,49,54)/t32-,33-/m0/s1. The molecule has 9 rings (SSSR count). The van der Waals surface area contributed by atoms with Crippen LogP contribution in [0.25, 0.3) is 0 Å². The summed E-state index contributed by atoms with van der Waals surface area (Å²) >= 11 is 4.47. The van der Waals surface area contributed by atoms with Crippen molar-refractivity contribution in [2.45, 2.75) is 63.7 Å². The van der Waals surface area contributed by atoms with Crippen LogP contribution in [0.3, 0.4) is 0 Å². The van der Waals surface area contributed by atoms with Gasteiger partial charge in [0, 0.05) is 54.5 Å². The van der Waals surface area contributed by atoms with Crippen molar-refractivity contribution in [3.63, 3.8) is 0 Å². The summed E-state index contributed by atoms with van der Waals surface area (Å²) in [6.45, 7) is 5.61. The summed E-state index contributed by atoms with van der Waals surface area (Å²) in [6, 6.07) is 28.2. The van der Waals surface area contributed by atoms with Gasteiger partial charge in [0.2, 0.25) is 5.91 Å². The fourth-order valence-electron chi connectivity index (χ4n) is 8.00. The second-order valence-electron chi connectivity index (χ2n) is 15.5. The summed E-state index contributed by atoms with van der Waals surface area (Å²) < 4.78 is 17.6. The second kappa shape index (κ2) is 14.5. The normalized spacial score (nSPS) is 17.3. The molecule has 0 saturated carbocycles. The zero-order valence-corrected chi connectivity index (χ0v) is 33.4. The molecule has 0 unspecified atom stereocenters. The Morgan fingerprint density at radius 1 is 0.741 bits per heavy atom. The van der Waals surface area contributed by atoms with E-state index in [-0.39, 0.29) is 43.0 Å². The van der Waals surface area contributed by atoms with Crippen molar-refractivity contribution < 1.29 is 28.6 Å². The minimum absolute atomic E-state index is 0.0899. The van der Waals surface area contributed by atoms with Gasteiger partial charge in [-0.25, -0.2) is 0 Å². The van der Waals surface area contributed by atoms with Crippen LogP contribution in [-0.2, 0) is 30.8 Å². The number of hydrogen-bond acceptors (Lipinski definition) is 9. The molecule has 5 aromatic carbocycles. The molecule has 2 atom stereocenters. The van der Waals surface area contributed by atoms with Gasteiger partial charge in [-0.1, -0.05) is 36.4 Å². The molecule has 0 radical (unpaired) electrons. The van der Waals surface area contributed by atoms with Crippen LogP contribution in [0.5, 0.6) is 17.2 Å². The van der Waals surface area contributed by atoms with Crippen LogP contribution in [-0.4, -0.2) is 54.1 Å². The summed E-state index contributed by atoms with van der Waals surface area (Å²) in [5, 5.41) is 2.98. The first-order valence-corrected chi connectivity index (χ1v) is 19.6. The van der Waals surface area contributed by atoms with Crippen LogP contribution in [0.1, 0.15) is 62.4 Å². The van der Waals surface area contributed by atoms with Gasteiger partial charge >= 0.3 is 0 Å². The smallest absolute Gasteiger partial charge is 0.261 e. The highest BCUT2D eigenvalue weighted by Gasteiger charge is 2.38. The third-order valence-electron chi connectivity index (χ3n) is 10.9. The summed E-state index contributed by atoms with van der Waals surface area (Å²) in [5.74, 6) is 0.879. The quantitative estimate of drug-likeness (QED) is 0.145. The van der Waals surface area contributed by atoms with Gasteiger partial charge < -0.3 is 19.5 Å². The molecule has 5 aromatic rings. The molecular formula is C46H41N5O6S. The highest BCUT2D eigenvalue weighted by atomic mass is 32.1. The van der Waals surface area contributed by atoms with E-state index in [0.29, 0.717) is 58.3 Å². The van der Waals surface area contributed by atoms with Gasteiger partial charge in [0.1, 0.15) is 19.0 Å². The van der Waals surface area contributed by atoms with E-state index in [4.69, 9.17) is 24.2 Å². The molecule has 0 saturated heterocycles. The monoisotopic (exact) mass is 791 g/mol. The van der Waals surface area contributed by atoms with Crippen LogP contribution in [0, 0.1) is 6.92 Å². The van der Waals surface area contributed by atoms with E-state index in [2.05, 4.69) is 24.0 Å². The van der Waals surface area contributed by atoms with Crippen LogP contribution in [0.15, 0.2) is 101 Å². The molecule has 3 amide bonds. The summed E-state index contributed by atoms with van der Waals surface area (Å²) in [6.07, 6.45) is 5.07. The van der Waals surface area contributed by atoms with E-state index in [1.165, 1.54) is 7.11 Å². The van der Waals surface area contributed by atoms with Crippen molar-refractivity contribution >= 4 is 71.2 Å². The van der Waals surface area contributed by atoms with Gasteiger partial charge in [-0.3, -0.25) is 34.2 Å². The predicted octanol–water partition coefficient (Wildman–Crippen LogP) is 8.38. The highest BCUT2D eigenvalue weighted by molar-refractivity contribution is 7.82. The number of carbonyl (C=O) groups excluding carboxylic acids is 3. The van der Waals surface area contributed by atoms with Gasteiger partial charge in [0.15, 0.2) is 11.5 Å². The third kappa shape index (κ3) is 6.76. The molecular weight excluding hydrogens is 751 g/mol. The number of carbonyl (C=O) groups is 3. The lowest BCUT2D eigenvalue weighted by Gasteiger charge is -2.22. The van der Waals surface area contributed by atoms with E-state index in [1.54, 1.807) is 30.9 Å². The van der Waals surface area contributed by atoms with E-state index >= 15 is 0 Å². The molecule has 11 nitrogen and oxygen atoms in total. The Hall–Kier alpha value is -6.40. The predicted molar refractivity (Wildman–Crippen MR) is 229 cm³/mol. The fraction of sp³-hybridized carbons (Fsp3) is 0.239. The van der Waals surface area contributed by atoms with Gasteiger partial charge in [-0.05, 0) is 91.1 Å². The molecule has 0 aromatic heterocycles. The fourth-order valence-corrected chi connectivity index (χ4v) is 8.05. The van der Waals surface area contributed by atoms with Crippen molar-refractivity contribution in [3.05, 3.63) is 130 Å². The Morgan fingerprint density at radius 2 is 1.26 bits per heavy atom. The molecule has 1 N–H and O–H groups in total. The zero-order chi connectivity index (χ0) is 40.3. The van der Waals surface area contributed by atoms with Crippen molar-refractivity contribution in [1.29, 1.82) is 0 Å². The maximum Gasteiger partial charge on any atom is 0.261 e. The van der Waals surface area contributed by atoms with Crippen molar-refractivity contribution in [1.82, 2.24) is 0 Å². The number of amides is 3. The average molecular weight is 792 g/mol. The number of thiol groups is 1. The Balaban J connectivity index is 0.967. The molecule has 0 fully saturated rings. The average Bonchev–Trinajstić information content (AvgIpc) is 3.70. The Morgan fingerprint density at radius 3 is 1.81 bits per heavy atom. The number of aliphatic imine (C=N–C) groups is 2. The summed E-state index contributed by atoms with van der Waals surface area (Å²) in [4.78, 5) is 53.9. The minimum Gasteiger partial charge on any atom is -0.493 e. The molecule has 4 aliphatic rings. The third-order valence-corrected chi connectivity index (χ3v) is 11.1. The molecule has 0 aliphatic carbocycles. The molecule has 0 bridgehead atoms. The largest absolute Gasteiger partial charge is 0.493 e. The van der Waals surface area contributed by atoms with Gasteiger partial charge in [0.25, 0.3) is 11.8 Å². The van der Waals surface area contributed by atoms with Gasteiger partial charge in [-0.2, -0.15) is 12.6 Å². The van der Waals surface area contributed by atoms with E-state index in [0.717, 1.165) is 39.2 Å². The zero-order valence-electron chi connectivity index (χ0n) is 32.5.